The van der Waals surface area contributed by atoms with Crippen LogP contribution < -0.4 is 4.90 Å². The number of aromatic nitrogens is 2. The van der Waals surface area contributed by atoms with E-state index >= 15 is 0 Å². The second-order valence-corrected chi connectivity index (χ2v) is 7.88. The molecule has 1 aliphatic rings. The van der Waals surface area contributed by atoms with Crippen LogP contribution in [-0.2, 0) is 13.1 Å². The van der Waals surface area contributed by atoms with Crippen molar-refractivity contribution < 1.29 is 4.79 Å². The highest BCUT2D eigenvalue weighted by atomic mass is 35.5. The van der Waals surface area contributed by atoms with Gasteiger partial charge in [0.05, 0.1) is 18.6 Å². The third-order valence-corrected chi connectivity index (χ3v) is 5.88. The molecule has 2 heterocycles. The molecular weight excluding hydrogens is 408 g/mol. The van der Waals surface area contributed by atoms with Gasteiger partial charge in [-0.25, -0.2) is 4.98 Å². The number of nitrogens with one attached hydrogen (secondary N) is 1. The smallest absolute Gasteiger partial charge is 0.255 e. The fourth-order valence-corrected chi connectivity index (χ4v) is 4.37. The van der Waals surface area contributed by atoms with Crippen LogP contribution in [0.25, 0.3) is 10.8 Å². The number of fused-ring (bicyclic) bond motifs is 2. The average Bonchev–Trinajstić information content (AvgIpc) is 3.24. The molecule has 0 spiro atoms. The van der Waals surface area contributed by atoms with E-state index in [4.69, 9.17) is 0 Å². The van der Waals surface area contributed by atoms with Gasteiger partial charge in [-0.1, -0.05) is 54.6 Å². The lowest BCUT2D eigenvalue weighted by Crippen LogP contribution is -2.42. The van der Waals surface area contributed by atoms with Gasteiger partial charge in [0.2, 0.25) is 0 Å². The number of benzene rings is 3. The van der Waals surface area contributed by atoms with Gasteiger partial charge in [-0.3, -0.25) is 4.79 Å². The summed E-state index contributed by atoms with van der Waals surface area (Å²) in [6.07, 6.45) is 3.63. The molecule has 31 heavy (non-hydrogen) atoms. The number of carbonyl (C=O) groups is 1. The molecule has 1 N–H and O–H groups in total. The van der Waals surface area contributed by atoms with Gasteiger partial charge in [-0.2, -0.15) is 0 Å². The molecule has 5 rings (SSSR count). The third kappa shape index (κ3) is 4.01. The van der Waals surface area contributed by atoms with Gasteiger partial charge in [0.25, 0.3) is 5.91 Å². The Morgan fingerprint density at radius 3 is 2.68 bits per heavy atom. The first-order valence-electron chi connectivity index (χ1n) is 10.3. The number of anilines is 1. The first kappa shape index (κ1) is 20.9. The number of rotatable bonds is 3. The predicted octanol–water partition coefficient (Wildman–Crippen LogP) is 5.04. The normalized spacial score (nSPS) is 15.8. The van der Waals surface area contributed by atoms with Crippen molar-refractivity contribution in [3.8, 4) is 0 Å². The zero-order valence-corrected chi connectivity index (χ0v) is 18.2. The van der Waals surface area contributed by atoms with Crippen LogP contribution in [-0.4, -0.2) is 33.4 Å². The highest BCUT2D eigenvalue weighted by Crippen LogP contribution is 2.30. The minimum absolute atomic E-state index is 0. The monoisotopic (exact) mass is 432 g/mol. The Balaban J connectivity index is 0.00000231. The van der Waals surface area contributed by atoms with E-state index in [9.17, 15) is 4.79 Å². The Bertz CT molecular complexity index is 1190. The van der Waals surface area contributed by atoms with E-state index in [1.807, 2.05) is 47.5 Å². The van der Waals surface area contributed by atoms with Crippen LogP contribution >= 0.6 is 12.4 Å². The van der Waals surface area contributed by atoms with Crippen LogP contribution in [0.3, 0.4) is 0 Å². The second kappa shape index (κ2) is 8.82. The summed E-state index contributed by atoms with van der Waals surface area (Å²) < 4.78 is 0. The molecule has 0 fully saturated rings. The number of halogens is 1. The number of carbonyl (C=O) groups excluding carboxylic acids is 1. The number of nitrogens with zero attached hydrogens (tertiary/aromatic N) is 3. The first-order chi connectivity index (χ1) is 14.7. The average molecular weight is 433 g/mol. The number of hydrogen-bond acceptors (Lipinski definition) is 3. The van der Waals surface area contributed by atoms with Crippen molar-refractivity contribution in [3.05, 3.63) is 96.1 Å². The van der Waals surface area contributed by atoms with Crippen LogP contribution in [0.2, 0.25) is 0 Å². The Hall–Kier alpha value is -3.31. The predicted molar refractivity (Wildman–Crippen MR) is 127 cm³/mol. The molecule has 5 nitrogen and oxygen atoms in total. The Morgan fingerprint density at radius 2 is 1.84 bits per heavy atom. The molecular formula is C25H25ClN4O. The van der Waals surface area contributed by atoms with Gasteiger partial charge < -0.3 is 14.8 Å². The molecule has 1 atom stereocenters. The van der Waals surface area contributed by atoms with E-state index in [2.05, 4.69) is 52.1 Å². The largest absolute Gasteiger partial charge is 0.363 e. The second-order valence-electron chi connectivity index (χ2n) is 7.88. The van der Waals surface area contributed by atoms with Crippen molar-refractivity contribution in [2.75, 3.05) is 11.4 Å². The lowest BCUT2D eigenvalue weighted by Gasteiger charge is -2.30. The van der Waals surface area contributed by atoms with Crippen LogP contribution in [0.15, 0.2) is 79.3 Å². The summed E-state index contributed by atoms with van der Waals surface area (Å²) in [6.45, 7) is 4.18. The maximum absolute atomic E-state index is 13.7. The molecule has 0 aliphatic carbocycles. The molecule has 0 saturated carbocycles. The fourth-order valence-electron chi connectivity index (χ4n) is 4.37. The lowest BCUT2D eigenvalue weighted by molar-refractivity contribution is 0.0688. The minimum atomic E-state index is 0. The van der Waals surface area contributed by atoms with E-state index in [0.717, 1.165) is 34.1 Å². The van der Waals surface area contributed by atoms with E-state index in [-0.39, 0.29) is 24.4 Å². The zero-order chi connectivity index (χ0) is 20.5. The number of hydrogen-bond donors (Lipinski definition) is 1. The molecule has 6 heteroatoms. The summed E-state index contributed by atoms with van der Waals surface area (Å²) in [5, 5.41) is 2.09. The summed E-state index contributed by atoms with van der Waals surface area (Å²) in [5.41, 5.74) is 4.08. The van der Waals surface area contributed by atoms with Crippen LogP contribution in [0.1, 0.15) is 28.5 Å². The summed E-state index contributed by atoms with van der Waals surface area (Å²) >= 11 is 0. The molecule has 0 radical (unpaired) electrons. The summed E-state index contributed by atoms with van der Waals surface area (Å²) in [5.74, 6) is 0.0794. The number of imidazole rings is 1. The van der Waals surface area contributed by atoms with Gasteiger partial charge >= 0.3 is 0 Å². The standard InChI is InChI=1S/C25H24N4O.ClH/c1-18-14-28(16-21-13-26-17-27-21)24-12-5-3-8-20(24)15-29(18)25(30)23-11-6-9-19-7-2-4-10-22(19)23;/h2-13,17-18H,14-16H2,1H3,(H,26,27);1H. The minimum Gasteiger partial charge on any atom is -0.363 e. The fraction of sp³-hybridized carbons (Fsp3) is 0.200. The highest BCUT2D eigenvalue weighted by Gasteiger charge is 2.29. The van der Waals surface area contributed by atoms with Gasteiger partial charge in [0.15, 0.2) is 0 Å². The first-order valence-corrected chi connectivity index (χ1v) is 10.3. The van der Waals surface area contributed by atoms with Crippen molar-refractivity contribution in [2.45, 2.75) is 26.1 Å². The van der Waals surface area contributed by atoms with Crippen LogP contribution in [0.4, 0.5) is 5.69 Å². The summed E-state index contributed by atoms with van der Waals surface area (Å²) in [4.78, 5) is 25.5. The molecule has 0 saturated heterocycles. The van der Waals surface area contributed by atoms with E-state index in [1.54, 1.807) is 6.33 Å². The van der Waals surface area contributed by atoms with Crippen molar-refractivity contribution in [1.29, 1.82) is 0 Å². The SMILES string of the molecule is CC1CN(Cc2c[nH]cn2)c2ccccc2CN1C(=O)c1cccc2ccccc12.Cl. The maximum Gasteiger partial charge on any atom is 0.255 e. The molecule has 3 aromatic carbocycles. The number of amides is 1. The maximum atomic E-state index is 13.7. The third-order valence-electron chi connectivity index (χ3n) is 5.88. The summed E-state index contributed by atoms with van der Waals surface area (Å²) in [6, 6.07) is 22.5. The summed E-state index contributed by atoms with van der Waals surface area (Å²) in [7, 11) is 0. The zero-order valence-electron chi connectivity index (χ0n) is 17.4. The van der Waals surface area contributed by atoms with Crippen molar-refractivity contribution in [1.82, 2.24) is 14.9 Å². The van der Waals surface area contributed by atoms with Crippen molar-refractivity contribution in [3.63, 3.8) is 0 Å². The topological polar surface area (TPSA) is 52.2 Å². The van der Waals surface area contributed by atoms with Gasteiger partial charge in [0.1, 0.15) is 0 Å². The van der Waals surface area contributed by atoms with Gasteiger partial charge in [0, 0.05) is 36.6 Å². The molecule has 4 aromatic rings. The van der Waals surface area contributed by atoms with Gasteiger partial charge in [-0.05, 0) is 35.4 Å². The molecule has 1 aliphatic heterocycles. The number of aromatic amines is 1. The van der Waals surface area contributed by atoms with E-state index in [0.29, 0.717) is 13.1 Å². The van der Waals surface area contributed by atoms with Crippen molar-refractivity contribution >= 4 is 34.8 Å². The number of para-hydroxylation sites is 1. The lowest BCUT2D eigenvalue weighted by atomic mass is 10.0. The Morgan fingerprint density at radius 1 is 1.06 bits per heavy atom. The molecule has 1 aromatic heterocycles. The molecule has 1 amide bonds. The quantitative estimate of drug-likeness (QED) is 0.493. The molecule has 1 unspecified atom stereocenters. The van der Waals surface area contributed by atoms with Crippen LogP contribution in [0, 0.1) is 0 Å². The van der Waals surface area contributed by atoms with E-state index in [1.165, 1.54) is 5.69 Å². The Kier molecular flexibility index (Phi) is 5.96. The van der Waals surface area contributed by atoms with Crippen molar-refractivity contribution in [2.24, 2.45) is 0 Å². The molecule has 158 valence electrons. The van der Waals surface area contributed by atoms with Gasteiger partial charge in [-0.15, -0.1) is 12.4 Å². The number of H-pyrrole nitrogens is 1. The van der Waals surface area contributed by atoms with Crippen LogP contribution in [0.5, 0.6) is 0 Å². The Labute approximate surface area is 188 Å². The van der Waals surface area contributed by atoms with E-state index < -0.39 is 0 Å². The highest BCUT2D eigenvalue weighted by molar-refractivity contribution is 6.07. The molecule has 0 bridgehead atoms.